The van der Waals surface area contributed by atoms with E-state index in [0.29, 0.717) is 30.6 Å². The lowest BCUT2D eigenvalue weighted by atomic mass is 10.2. The summed E-state index contributed by atoms with van der Waals surface area (Å²) in [6, 6.07) is 7.43. The van der Waals surface area contributed by atoms with Gasteiger partial charge in [0.05, 0.1) is 13.2 Å². The van der Waals surface area contributed by atoms with Gasteiger partial charge in [0.15, 0.2) is 5.13 Å². The van der Waals surface area contributed by atoms with Crippen molar-refractivity contribution in [3.63, 3.8) is 0 Å². The van der Waals surface area contributed by atoms with Crippen molar-refractivity contribution >= 4 is 34.5 Å². The Balaban J connectivity index is 2.00. The summed E-state index contributed by atoms with van der Waals surface area (Å²) in [6.07, 6.45) is 0. The Kier molecular flexibility index (Phi) is 4.38. The standard InChI is InChI=1S/C14H13ClN2O3S/c15-11-4-2-1-3-10(11)12-13(20-9-18)16-14(21-12)17-5-7-19-8-6-17/h1-4,9H,5-8H2. The van der Waals surface area contributed by atoms with Gasteiger partial charge in [-0.3, -0.25) is 4.79 Å². The molecule has 1 aromatic carbocycles. The molecule has 1 aliphatic rings. The molecule has 3 rings (SSSR count). The number of hydrogen-bond acceptors (Lipinski definition) is 6. The molecule has 0 aliphatic carbocycles. The molecule has 0 atom stereocenters. The Morgan fingerprint density at radius 1 is 1.33 bits per heavy atom. The van der Waals surface area contributed by atoms with Crippen LogP contribution in [0.1, 0.15) is 0 Å². The number of halogens is 1. The van der Waals surface area contributed by atoms with Crippen LogP contribution in [-0.2, 0) is 9.53 Å². The molecule has 0 saturated carbocycles. The van der Waals surface area contributed by atoms with Gasteiger partial charge >= 0.3 is 0 Å². The van der Waals surface area contributed by atoms with Crippen molar-refractivity contribution in [2.75, 3.05) is 31.2 Å². The third kappa shape index (κ3) is 3.02. The third-order valence-electron chi connectivity index (χ3n) is 3.14. The normalized spacial score (nSPS) is 15.0. The van der Waals surface area contributed by atoms with Crippen LogP contribution in [0.2, 0.25) is 5.02 Å². The van der Waals surface area contributed by atoms with Crippen molar-refractivity contribution < 1.29 is 14.3 Å². The summed E-state index contributed by atoms with van der Waals surface area (Å²) in [7, 11) is 0. The van der Waals surface area contributed by atoms with Gasteiger partial charge in [0, 0.05) is 23.7 Å². The molecular formula is C14H13ClN2O3S. The largest absolute Gasteiger partial charge is 0.408 e. The SMILES string of the molecule is O=COc1nc(N2CCOCC2)sc1-c1ccccc1Cl. The molecule has 1 aromatic heterocycles. The first-order valence-electron chi connectivity index (χ1n) is 6.48. The Morgan fingerprint density at radius 2 is 2.10 bits per heavy atom. The molecule has 5 nitrogen and oxygen atoms in total. The van der Waals surface area contributed by atoms with Gasteiger partial charge in [-0.15, -0.1) is 0 Å². The summed E-state index contributed by atoms with van der Waals surface area (Å²) in [5.41, 5.74) is 0.813. The van der Waals surface area contributed by atoms with Crippen molar-refractivity contribution in [3.05, 3.63) is 29.3 Å². The first-order chi connectivity index (χ1) is 10.3. The molecular weight excluding hydrogens is 312 g/mol. The molecule has 0 radical (unpaired) electrons. The molecule has 1 saturated heterocycles. The van der Waals surface area contributed by atoms with Gasteiger partial charge in [-0.1, -0.05) is 41.1 Å². The second-order valence-electron chi connectivity index (χ2n) is 4.42. The summed E-state index contributed by atoms with van der Waals surface area (Å²) < 4.78 is 10.4. The van der Waals surface area contributed by atoms with E-state index in [2.05, 4.69) is 9.88 Å². The van der Waals surface area contributed by atoms with E-state index < -0.39 is 0 Å². The van der Waals surface area contributed by atoms with E-state index in [4.69, 9.17) is 21.1 Å². The predicted octanol–water partition coefficient (Wildman–Crippen LogP) is 2.84. The van der Waals surface area contributed by atoms with E-state index in [1.807, 2.05) is 18.2 Å². The number of anilines is 1. The fraction of sp³-hybridized carbons (Fsp3) is 0.286. The van der Waals surface area contributed by atoms with Gasteiger partial charge in [-0.2, -0.15) is 4.98 Å². The number of rotatable bonds is 4. The maximum absolute atomic E-state index is 10.7. The van der Waals surface area contributed by atoms with Crippen LogP contribution in [0.15, 0.2) is 24.3 Å². The van der Waals surface area contributed by atoms with Gasteiger partial charge in [-0.25, -0.2) is 0 Å². The quantitative estimate of drug-likeness (QED) is 0.809. The van der Waals surface area contributed by atoms with Crippen LogP contribution in [0.25, 0.3) is 10.4 Å². The van der Waals surface area contributed by atoms with Crippen molar-refractivity contribution in [1.29, 1.82) is 0 Å². The smallest absolute Gasteiger partial charge is 0.299 e. The van der Waals surface area contributed by atoms with Crippen molar-refractivity contribution in [2.45, 2.75) is 0 Å². The minimum absolute atomic E-state index is 0.296. The maximum atomic E-state index is 10.7. The van der Waals surface area contributed by atoms with Gasteiger partial charge in [-0.05, 0) is 6.07 Å². The summed E-state index contributed by atoms with van der Waals surface area (Å²) in [5, 5.41) is 1.41. The van der Waals surface area contributed by atoms with E-state index in [-0.39, 0.29) is 0 Å². The lowest BCUT2D eigenvalue weighted by Crippen LogP contribution is -2.36. The lowest BCUT2D eigenvalue weighted by Gasteiger charge is -2.25. The second kappa shape index (κ2) is 6.43. The third-order valence-corrected chi connectivity index (χ3v) is 4.60. The second-order valence-corrected chi connectivity index (χ2v) is 5.81. The number of benzene rings is 1. The molecule has 1 aliphatic heterocycles. The van der Waals surface area contributed by atoms with Crippen LogP contribution in [0, 0.1) is 0 Å². The summed E-state index contributed by atoms with van der Waals surface area (Å²) >= 11 is 7.69. The van der Waals surface area contributed by atoms with Crippen LogP contribution in [0.3, 0.4) is 0 Å². The zero-order valence-electron chi connectivity index (χ0n) is 11.1. The van der Waals surface area contributed by atoms with Crippen LogP contribution in [0.5, 0.6) is 5.88 Å². The highest BCUT2D eigenvalue weighted by Crippen LogP contribution is 2.42. The average molecular weight is 325 g/mol. The van der Waals surface area contributed by atoms with Gasteiger partial charge in [0.2, 0.25) is 5.88 Å². The topological polar surface area (TPSA) is 51.7 Å². The molecule has 0 unspecified atom stereocenters. The zero-order valence-corrected chi connectivity index (χ0v) is 12.7. The Labute approximate surface area is 131 Å². The summed E-state index contributed by atoms with van der Waals surface area (Å²) in [4.78, 5) is 18.0. The minimum Gasteiger partial charge on any atom is -0.408 e. The van der Waals surface area contributed by atoms with Gasteiger partial charge in [0.1, 0.15) is 4.88 Å². The first kappa shape index (κ1) is 14.3. The van der Waals surface area contributed by atoms with E-state index in [1.165, 1.54) is 11.3 Å². The van der Waals surface area contributed by atoms with E-state index in [1.54, 1.807) is 6.07 Å². The Morgan fingerprint density at radius 3 is 2.81 bits per heavy atom. The number of nitrogens with zero attached hydrogens (tertiary/aromatic N) is 2. The number of carbonyl (C=O) groups excluding carboxylic acids is 1. The molecule has 0 amide bonds. The fourth-order valence-corrected chi connectivity index (χ4v) is 3.50. The fourth-order valence-electron chi connectivity index (χ4n) is 2.13. The van der Waals surface area contributed by atoms with E-state index >= 15 is 0 Å². The van der Waals surface area contributed by atoms with Crippen LogP contribution in [0.4, 0.5) is 5.13 Å². The molecule has 2 aromatic rings. The van der Waals surface area contributed by atoms with Gasteiger partial charge in [0.25, 0.3) is 6.47 Å². The summed E-state index contributed by atoms with van der Waals surface area (Å²) in [6.45, 7) is 3.28. The van der Waals surface area contributed by atoms with Crippen LogP contribution >= 0.6 is 22.9 Å². The Hall–Kier alpha value is -1.63. The van der Waals surface area contributed by atoms with Crippen LogP contribution < -0.4 is 9.64 Å². The van der Waals surface area contributed by atoms with Crippen molar-refractivity contribution in [1.82, 2.24) is 4.98 Å². The predicted molar refractivity (Wildman–Crippen MR) is 82.3 cm³/mol. The lowest BCUT2D eigenvalue weighted by molar-refractivity contribution is -0.120. The number of thiazole rings is 1. The monoisotopic (exact) mass is 324 g/mol. The van der Waals surface area contributed by atoms with Gasteiger partial charge < -0.3 is 14.4 Å². The highest BCUT2D eigenvalue weighted by atomic mass is 35.5. The van der Waals surface area contributed by atoms with Crippen LogP contribution in [-0.4, -0.2) is 37.8 Å². The summed E-state index contributed by atoms with van der Waals surface area (Å²) in [5.74, 6) is 0.296. The first-order valence-corrected chi connectivity index (χ1v) is 7.68. The molecule has 0 spiro atoms. The number of hydrogen-bond donors (Lipinski definition) is 0. The number of ether oxygens (including phenoxy) is 2. The number of carbonyl (C=O) groups is 1. The van der Waals surface area contributed by atoms with Crippen molar-refractivity contribution in [2.24, 2.45) is 0 Å². The number of aromatic nitrogens is 1. The molecule has 0 N–H and O–H groups in total. The maximum Gasteiger partial charge on any atom is 0.299 e. The Bertz CT molecular complexity index is 641. The number of morpholine rings is 1. The zero-order chi connectivity index (χ0) is 14.7. The highest BCUT2D eigenvalue weighted by Gasteiger charge is 2.21. The van der Waals surface area contributed by atoms with E-state index in [0.717, 1.165) is 28.7 Å². The molecule has 2 heterocycles. The van der Waals surface area contributed by atoms with Crippen molar-refractivity contribution in [3.8, 4) is 16.3 Å². The average Bonchev–Trinajstić information content (AvgIpc) is 2.93. The molecule has 7 heteroatoms. The molecule has 0 bridgehead atoms. The highest BCUT2D eigenvalue weighted by molar-refractivity contribution is 7.19. The minimum atomic E-state index is 0.296. The molecule has 1 fully saturated rings. The van der Waals surface area contributed by atoms with E-state index in [9.17, 15) is 4.79 Å². The molecule has 110 valence electrons. The molecule has 21 heavy (non-hydrogen) atoms.